The number of Topliss-reactive ketones (excluding diaryl/α,β-unsaturated/α-hetero) is 1. The van der Waals surface area contributed by atoms with Crippen LogP contribution in [0.4, 0.5) is 5.69 Å². The first kappa shape index (κ1) is 19.3. The van der Waals surface area contributed by atoms with Gasteiger partial charge in [0.1, 0.15) is 5.65 Å². The molecule has 0 spiro atoms. The molecule has 0 unspecified atom stereocenters. The summed E-state index contributed by atoms with van der Waals surface area (Å²) in [4.78, 5) is 39.6. The highest BCUT2D eigenvalue weighted by atomic mass is 35.5. The summed E-state index contributed by atoms with van der Waals surface area (Å²) in [6.45, 7) is 0.914. The first-order valence-corrected chi connectivity index (χ1v) is 8.71. The van der Waals surface area contributed by atoms with E-state index in [1.165, 1.54) is 19.1 Å². The number of hydrogen-bond acceptors (Lipinski definition) is 5. The number of benzene rings is 1. The Balaban J connectivity index is 1.60. The average Bonchev–Trinajstić information content (AvgIpc) is 3.00. The SMILES string of the molecule is CC(=O)c1ccccc1NC(=O)COC(=O)/C=C/c1c(Cl)nc2ccccn12. The Morgan fingerprint density at radius 3 is 2.71 bits per heavy atom. The molecule has 3 rings (SSSR count). The van der Waals surface area contributed by atoms with E-state index in [0.29, 0.717) is 22.6 Å². The van der Waals surface area contributed by atoms with Crippen molar-refractivity contribution in [3.63, 3.8) is 0 Å². The predicted octanol–water partition coefficient (Wildman–Crippen LogP) is 3.39. The molecule has 1 aromatic carbocycles. The summed E-state index contributed by atoms with van der Waals surface area (Å²) >= 11 is 6.08. The van der Waals surface area contributed by atoms with Crippen LogP contribution in [-0.4, -0.2) is 33.7 Å². The van der Waals surface area contributed by atoms with Crippen LogP contribution in [0.5, 0.6) is 0 Å². The molecule has 2 aromatic heterocycles. The second kappa shape index (κ2) is 8.49. The molecule has 8 heteroatoms. The number of nitrogens with one attached hydrogen (secondary N) is 1. The number of rotatable bonds is 6. The lowest BCUT2D eigenvalue weighted by atomic mass is 10.1. The van der Waals surface area contributed by atoms with Gasteiger partial charge in [-0.2, -0.15) is 0 Å². The minimum absolute atomic E-state index is 0.180. The zero-order valence-corrected chi connectivity index (χ0v) is 15.6. The minimum Gasteiger partial charge on any atom is -0.452 e. The van der Waals surface area contributed by atoms with Gasteiger partial charge in [-0.05, 0) is 37.3 Å². The predicted molar refractivity (Wildman–Crippen MR) is 105 cm³/mol. The van der Waals surface area contributed by atoms with Crippen LogP contribution < -0.4 is 5.32 Å². The number of para-hydroxylation sites is 1. The van der Waals surface area contributed by atoms with Crippen molar-refractivity contribution in [3.8, 4) is 0 Å². The van der Waals surface area contributed by atoms with Crippen molar-refractivity contribution < 1.29 is 19.1 Å². The first-order chi connectivity index (χ1) is 13.5. The summed E-state index contributed by atoms with van der Waals surface area (Å²) in [5.74, 6) is -1.44. The first-order valence-electron chi connectivity index (χ1n) is 8.33. The number of aromatic nitrogens is 2. The molecule has 0 radical (unpaired) electrons. The monoisotopic (exact) mass is 397 g/mol. The lowest BCUT2D eigenvalue weighted by Crippen LogP contribution is -2.21. The Morgan fingerprint density at radius 2 is 1.93 bits per heavy atom. The number of ether oxygens (including phenoxy) is 1. The topological polar surface area (TPSA) is 89.8 Å². The van der Waals surface area contributed by atoms with Gasteiger partial charge in [-0.3, -0.25) is 14.0 Å². The molecular weight excluding hydrogens is 382 g/mol. The number of ketones is 1. The highest BCUT2D eigenvalue weighted by Crippen LogP contribution is 2.19. The van der Waals surface area contributed by atoms with E-state index in [9.17, 15) is 14.4 Å². The number of fused-ring (bicyclic) bond motifs is 1. The van der Waals surface area contributed by atoms with Crippen molar-refractivity contribution in [2.45, 2.75) is 6.92 Å². The zero-order valence-electron chi connectivity index (χ0n) is 14.9. The van der Waals surface area contributed by atoms with Crippen molar-refractivity contribution in [3.05, 3.63) is 71.1 Å². The van der Waals surface area contributed by atoms with E-state index in [2.05, 4.69) is 10.3 Å². The number of nitrogens with zero attached hydrogens (tertiary/aromatic N) is 2. The van der Waals surface area contributed by atoms with Crippen molar-refractivity contribution in [2.75, 3.05) is 11.9 Å². The third kappa shape index (κ3) is 4.44. The standard InChI is InChI=1S/C20H16ClN3O4/c1-13(25)14-6-2-3-7-15(14)22-18(26)12-28-19(27)10-9-16-20(21)23-17-8-4-5-11-24(16)17/h2-11H,12H2,1H3,(H,22,26)/b10-9+. The molecule has 1 amide bonds. The summed E-state index contributed by atoms with van der Waals surface area (Å²) in [5, 5.41) is 2.80. The van der Waals surface area contributed by atoms with E-state index in [1.54, 1.807) is 40.9 Å². The van der Waals surface area contributed by atoms with Crippen LogP contribution in [0.25, 0.3) is 11.7 Å². The lowest BCUT2D eigenvalue weighted by Gasteiger charge is -2.08. The van der Waals surface area contributed by atoms with E-state index < -0.39 is 18.5 Å². The number of carbonyl (C=O) groups is 3. The van der Waals surface area contributed by atoms with Gasteiger partial charge in [0.05, 0.1) is 11.4 Å². The Bertz CT molecular complexity index is 1090. The van der Waals surface area contributed by atoms with E-state index in [1.807, 2.05) is 12.1 Å². The van der Waals surface area contributed by atoms with Crippen molar-refractivity contribution in [1.82, 2.24) is 9.38 Å². The second-order valence-corrected chi connectivity index (χ2v) is 6.17. The van der Waals surface area contributed by atoms with Gasteiger partial charge in [0.15, 0.2) is 17.5 Å². The Morgan fingerprint density at radius 1 is 1.18 bits per heavy atom. The number of carbonyl (C=O) groups excluding carboxylic acids is 3. The van der Waals surface area contributed by atoms with E-state index in [4.69, 9.17) is 16.3 Å². The number of halogens is 1. The summed E-state index contributed by atoms with van der Waals surface area (Å²) in [5.41, 5.74) is 1.91. The molecule has 1 N–H and O–H groups in total. The van der Waals surface area contributed by atoms with Gasteiger partial charge in [-0.15, -0.1) is 0 Å². The molecule has 0 aliphatic heterocycles. The summed E-state index contributed by atoms with van der Waals surface area (Å²) < 4.78 is 6.65. The Hall–Kier alpha value is -3.45. The molecule has 0 aliphatic rings. The largest absolute Gasteiger partial charge is 0.452 e. The van der Waals surface area contributed by atoms with Gasteiger partial charge in [0.2, 0.25) is 0 Å². The minimum atomic E-state index is -0.711. The summed E-state index contributed by atoms with van der Waals surface area (Å²) in [6, 6.07) is 12.0. The van der Waals surface area contributed by atoms with Crippen LogP contribution in [0.15, 0.2) is 54.7 Å². The summed E-state index contributed by atoms with van der Waals surface area (Å²) in [6.07, 6.45) is 4.39. The third-order valence-electron chi connectivity index (χ3n) is 3.83. The number of pyridine rings is 1. The smallest absolute Gasteiger partial charge is 0.331 e. The highest BCUT2D eigenvalue weighted by Gasteiger charge is 2.11. The molecule has 28 heavy (non-hydrogen) atoms. The maximum absolute atomic E-state index is 12.0. The Labute approximate surface area is 165 Å². The molecule has 2 heterocycles. The van der Waals surface area contributed by atoms with Crippen molar-refractivity contribution >= 4 is 46.7 Å². The van der Waals surface area contributed by atoms with E-state index in [-0.39, 0.29) is 10.9 Å². The molecule has 0 saturated heterocycles. The van der Waals surface area contributed by atoms with Crippen LogP contribution in [0.1, 0.15) is 23.0 Å². The van der Waals surface area contributed by atoms with E-state index in [0.717, 1.165) is 0 Å². The molecule has 0 fully saturated rings. The van der Waals surface area contributed by atoms with Crippen LogP contribution in [-0.2, 0) is 14.3 Å². The number of imidazole rings is 1. The number of amides is 1. The van der Waals surface area contributed by atoms with Crippen LogP contribution in [0.2, 0.25) is 5.15 Å². The molecule has 7 nitrogen and oxygen atoms in total. The zero-order chi connectivity index (χ0) is 20.1. The number of hydrogen-bond donors (Lipinski definition) is 1. The molecule has 0 bridgehead atoms. The van der Waals surface area contributed by atoms with Crippen LogP contribution in [0, 0.1) is 0 Å². The maximum atomic E-state index is 12.0. The Kier molecular flexibility index (Phi) is 5.86. The quantitative estimate of drug-likeness (QED) is 0.391. The van der Waals surface area contributed by atoms with Gasteiger partial charge >= 0.3 is 5.97 Å². The fraction of sp³-hybridized carbons (Fsp3) is 0.100. The molecule has 0 saturated carbocycles. The second-order valence-electron chi connectivity index (χ2n) is 5.81. The molecule has 0 aliphatic carbocycles. The lowest BCUT2D eigenvalue weighted by molar-refractivity contribution is -0.142. The van der Waals surface area contributed by atoms with Gasteiger partial charge < -0.3 is 10.1 Å². The third-order valence-corrected chi connectivity index (χ3v) is 4.10. The molecule has 0 atom stereocenters. The molecule has 3 aromatic rings. The fourth-order valence-electron chi connectivity index (χ4n) is 2.55. The molecular formula is C20H16ClN3O4. The van der Waals surface area contributed by atoms with E-state index >= 15 is 0 Å². The fourth-order valence-corrected chi connectivity index (χ4v) is 2.79. The van der Waals surface area contributed by atoms with Crippen LogP contribution in [0.3, 0.4) is 0 Å². The van der Waals surface area contributed by atoms with Gasteiger partial charge in [0.25, 0.3) is 5.91 Å². The summed E-state index contributed by atoms with van der Waals surface area (Å²) in [7, 11) is 0. The highest BCUT2D eigenvalue weighted by molar-refractivity contribution is 6.31. The number of esters is 1. The molecule has 142 valence electrons. The number of anilines is 1. The normalized spacial score (nSPS) is 10.9. The van der Waals surface area contributed by atoms with Gasteiger partial charge in [-0.25, -0.2) is 9.78 Å². The van der Waals surface area contributed by atoms with Gasteiger partial charge in [-0.1, -0.05) is 29.8 Å². The average molecular weight is 398 g/mol. The maximum Gasteiger partial charge on any atom is 0.331 e. The van der Waals surface area contributed by atoms with Crippen molar-refractivity contribution in [1.29, 1.82) is 0 Å². The van der Waals surface area contributed by atoms with Gasteiger partial charge in [0, 0.05) is 17.8 Å². The van der Waals surface area contributed by atoms with Crippen molar-refractivity contribution in [2.24, 2.45) is 0 Å². The van der Waals surface area contributed by atoms with Crippen LogP contribution >= 0.6 is 11.6 Å².